The molecule has 0 saturated heterocycles. The molecule has 3 heterocycles. The van der Waals surface area contributed by atoms with Gasteiger partial charge in [0.2, 0.25) is 0 Å². The number of para-hydroxylation sites is 8. The van der Waals surface area contributed by atoms with E-state index in [9.17, 15) is 0 Å². The molecule has 0 atom stereocenters. The quantitative estimate of drug-likeness (QED) is 0.122. The summed E-state index contributed by atoms with van der Waals surface area (Å²) in [6, 6.07) is 56.1. The van der Waals surface area contributed by atoms with Crippen molar-refractivity contribution >= 4 is 45.5 Å². The van der Waals surface area contributed by atoms with Gasteiger partial charge >= 0.3 is 0 Å². The fourth-order valence-electron chi connectivity index (χ4n) is 7.21. The molecule has 0 aliphatic carbocycles. The number of nitrogens with zero attached hydrogens (tertiary/aromatic N) is 6. The SMILES string of the molecule is N/C(=C\N(N)c1cccc(N2c3ccccc3Oc3ccccc32)c1)c1cccc(-c2cn(-c3cccc(N4c5ccccc5Oc5ccccc54)c3)nn2)c1. The van der Waals surface area contributed by atoms with E-state index in [1.165, 1.54) is 5.01 Å². The maximum absolute atomic E-state index is 6.70. The van der Waals surface area contributed by atoms with E-state index in [-0.39, 0.29) is 0 Å². The molecule has 8 aromatic rings. The molecule has 270 valence electrons. The van der Waals surface area contributed by atoms with Crippen molar-refractivity contribution in [1.29, 1.82) is 0 Å². The van der Waals surface area contributed by atoms with E-state index in [2.05, 4.69) is 50.4 Å². The minimum atomic E-state index is 0.494. The number of aromatic nitrogens is 3. The highest BCUT2D eigenvalue weighted by atomic mass is 16.5. The van der Waals surface area contributed by atoms with Gasteiger partial charge in [-0.05, 0) is 96.6 Å². The Hall–Kier alpha value is -7.82. The van der Waals surface area contributed by atoms with Crippen LogP contribution in [0.15, 0.2) is 182 Å². The van der Waals surface area contributed by atoms with Crippen LogP contribution in [0.1, 0.15) is 5.56 Å². The van der Waals surface area contributed by atoms with Crippen molar-refractivity contribution in [1.82, 2.24) is 15.0 Å². The molecule has 7 aromatic carbocycles. The summed E-state index contributed by atoms with van der Waals surface area (Å²) in [5, 5.41) is 10.6. The number of hydrogen-bond acceptors (Lipinski definition) is 9. The molecule has 0 saturated carbocycles. The van der Waals surface area contributed by atoms with Crippen LogP contribution in [0.5, 0.6) is 23.0 Å². The largest absolute Gasteiger partial charge is 0.453 e. The second kappa shape index (κ2) is 13.5. The second-order valence-corrected chi connectivity index (χ2v) is 13.4. The van der Waals surface area contributed by atoms with Gasteiger partial charge in [0.1, 0.15) is 5.69 Å². The molecule has 56 heavy (non-hydrogen) atoms. The Balaban J connectivity index is 0.912. The zero-order chi connectivity index (χ0) is 37.6. The van der Waals surface area contributed by atoms with Crippen LogP contribution in [-0.2, 0) is 0 Å². The highest BCUT2D eigenvalue weighted by Gasteiger charge is 2.27. The van der Waals surface area contributed by atoms with Gasteiger partial charge in [0.25, 0.3) is 0 Å². The van der Waals surface area contributed by atoms with Crippen LogP contribution in [0.25, 0.3) is 22.6 Å². The predicted molar refractivity (Wildman–Crippen MR) is 222 cm³/mol. The van der Waals surface area contributed by atoms with Crippen LogP contribution >= 0.6 is 0 Å². The van der Waals surface area contributed by atoms with Crippen molar-refractivity contribution in [3.8, 4) is 39.9 Å². The summed E-state index contributed by atoms with van der Waals surface area (Å²) in [7, 11) is 0. The summed E-state index contributed by atoms with van der Waals surface area (Å²) in [5.74, 6) is 9.81. The van der Waals surface area contributed by atoms with Crippen LogP contribution in [0.3, 0.4) is 0 Å². The van der Waals surface area contributed by atoms with Crippen LogP contribution in [0, 0.1) is 0 Å². The topological polar surface area (TPSA) is 111 Å². The Morgan fingerprint density at radius 1 is 0.536 bits per heavy atom. The van der Waals surface area contributed by atoms with Gasteiger partial charge < -0.3 is 25.0 Å². The number of hydrogen-bond donors (Lipinski definition) is 2. The minimum absolute atomic E-state index is 0.494. The van der Waals surface area contributed by atoms with Crippen LogP contribution in [-0.4, -0.2) is 15.0 Å². The molecule has 0 fully saturated rings. The fourth-order valence-corrected chi connectivity index (χ4v) is 7.21. The first-order chi connectivity index (χ1) is 27.6. The number of fused-ring (bicyclic) bond motifs is 4. The second-order valence-electron chi connectivity index (χ2n) is 13.4. The minimum Gasteiger partial charge on any atom is -0.453 e. The van der Waals surface area contributed by atoms with Gasteiger partial charge in [0.15, 0.2) is 23.0 Å². The number of rotatable bonds is 7. The van der Waals surface area contributed by atoms with E-state index in [4.69, 9.17) is 21.1 Å². The van der Waals surface area contributed by atoms with Gasteiger partial charge in [0.05, 0.1) is 46.0 Å². The smallest absolute Gasteiger partial charge is 0.151 e. The zero-order valence-corrected chi connectivity index (χ0v) is 30.0. The summed E-state index contributed by atoms with van der Waals surface area (Å²) in [6.45, 7) is 0. The van der Waals surface area contributed by atoms with Gasteiger partial charge in [0, 0.05) is 23.1 Å². The number of anilines is 7. The lowest BCUT2D eigenvalue weighted by Gasteiger charge is -2.33. The van der Waals surface area contributed by atoms with E-state index < -0.39 is 0 Å². The van der Waals surface area contributed by atoms with E-state index in [1.54, 1.807) is 10.9 Å². The molecular formula is C46H34N8O2. The molecule has 0 radical (unpaired) electrons. The fraction of sp³-hybridized carbons (Fsp3) is 0. The van der Waals surface area contributed by atoms with Crippen molar-refractivity contribution in [3.05, 3.63) is 188 Å². The molecule has 10 rings (SSSR count). The molecule has 10 heteroatoms. The molecule has 1 aromatic heterocycles. The number of nitrogens with two attached hydrogens (primary N) is 2. The maximum atomic E-state index is 6.70. The molecule has 0 spiro atoms. The summed E-state index contributed by atoms with van der Waals surface area (Å²) < 4.78 is 14.2. The number of ether oxygens (including phenoxy) is 2. The molecule has 10 nitrogen and oxygen atoms in total. The molecule has 4 N–H and O–H groups in total. The Bertz CT molecular complexity index is 2700. The highest BCUT2D eigenvalue weighted by Crippen LogP contribution is 2.51. The van der Waals surface area contributed by atoms with Gasteiger partial charge in [-0.15, -0.1) is 5.10 Å². The summed E-state index contributed by atoms with van der Waals surface area (Å²) in [4.78, 5) is 4.37. The van der Waals surface area contributed by atoms with Crippen molar-refractivity contribution < 1.29 is 9.47 Å². The third-order valence-electron chi connectivity index (χ3n) is 9.87. The van der Waals surface area contributed by atoms with Crippen LogP contribution < -0.4 is 35.9 Å². The first-order valence-electron chi connectivity index (χ1n) is 18.1. The number of benzene rings is 7. The van der Waals surface area contributed by atoms with Crippen molar-refractivity contribution in [2.24, 2.45) is 11.6 Å². The first kappa shape index (κ1) is 32.8. The Labute approximate surface area is 323 Å². The monoisotopic (exact) mass is 730 g/mol. The summed E-state index contributed by atoms with van der Waals surface area (Å²) >= 11 is 0. The van der Waals surface area contributed by atoms with Gasteiger partial charge in [-0.3, -0.25) is 5.01 Å². The zero-order valence-electron chi connectivity index (χ0n) is 30.0. The Morgan fingerprint density at radius 3 is 1.62 bits per heavy atom. The average molecular weight is 731 g/mol. The third kappa shape index (κ3) is 5.83. The average Bonchev–Trinajstić information content (AvgIpc) is 3.76. The lowest BCUT2D eigenvalue weighted by molar-refractivity contribution is 0.477. The van der Waals surface area contributed by atoms with Gasteiger partial charge in [-0.1, -0.05) is 84.1 Å². The van der Waals surface area contributed by atoms with E-state index in [0.29, 0.717) is 11.4 Å². The lowest BCUT2D eigenvalue weighted by atomic mass is 10.1. The molecule has 2 aliphatic heterocycles. The molecular weight excluding hydrogens is 697 g/mol. The van der Waals surface area contributed by atoms with Crippen molar-refractivity contribution in [3.63, 3.8) is 0 Å². The first-order valence-corrected chi connectivity index (χ1v) is 18.1. The maximum Gasteiger partial charge on any atom is 0.151 e. The van der Waals surface area contributed by atoms with E-state index >= 15 is 0 Å². The Morgan fingerprint density at radius 2 is 1.04 bits per heavy atom. The normalized spacial score (nSPS) is 12.8. The van der Waals surface area contributed by atoms with Crippen LogP contribution in [0.2, 0.25) is 0 Å². The molecule has 0 unspecified atom stereocenters. The molecule has 2 aliphatic rings. The van der Waals surface area contributed by atoms with Crippen molar-refractivity contribution in [2.45, 2.75) is 0 Å². The molecule has 0 amide bonds. The Kier molecular flexibility index (Phi) is 7.94. The van der Waals surface area contributed by atoms with Crippen molar-refractivity contribution in [2.75, 3.05) is 14.8 Å². The van der Waals surface area contributed by atoms with Crippen LogP contribution in [0.4, 0.5) is 39.8 Å². The summed E-state index contributed by atoms with van der Waals surface area (Å²) in [5.41, 5.74) is 16.9. The van der Waals surface area contributed by atoms with Gasteiger partial charge in [-0.2, -0.15) is 0 Å². The lowest BCUT2D eigenvalue weighted by Crippen LogP contribution is -2.26. The standard InChI is InChI=1S/C46H34N8O2/c47-37(29-51(48)33-14-10-16-35(27-33)53-39-18-1-5-22-43(39)55-44-23-6-2-19-40(44)53)31-12-9-13-32(26-31)38-30-52(50-49-38)34-15-11-17-36(28-34)54-41-20-3-7-24-45(41)56-46-25-8-4-21-42(46)54/h1-30H,47-48H2/b37-29-. The third-order valence-corrected chi connectivity index (χ3v) is 9.87. The van der Waals surface area contributed by atoms with E-state index in [0.717, 1.165) is 79.6 Å². The predicted octanol–water partition coefficient (Wildman–Crippen LogP) is 10.7. The summed E-state index contributed by atoms with van der Waals surface area (Å²) in [6.07, 6.45) is 3.64. The highest BCUT2D eigenvalue weighted by molar-refractivity contribution is 5.88. The van der Waals surface area contributed by atoms with E-state index in [1.807, 2.05) is 146 Å². The van der Waals surface area contributed by atoms with Gasteiger partial charge in [-0.25, -0.2) is 10.5 Å². The molecule has 0 bridgehead atoms. The number of hydrazine groups is 1.